The van der Waals surface area contributed by atoms with Crippen molar-refractivity contribution < 1.29 is 22.4 Å². The summed E-state index contributed by atoms with van der Waals surface area (Å²) in [4.78, 5) is 30.0. The average Bonchev–Trinajstić information content (AvgIpc) is 3.58. The number of carbonyl (C=O) groups excluding carboxylic acids is 2. The first-order valence-electron chi connectivity index (χ1n) is 11.5. The molecule has 0 aliphatic heterocycles. The lowest BCUT2D eigenvalue weighted by Gasteiger charge is -2.19. The summed E-state index contributed by atoms with van der Waals surface area (Å²) in [6.45, 7) is 6.24. The van der Waals surface area contributed by atoms with Gasteiger partial charge < -0.3 is 15.1 Å². The zero-order chi connectivity index (χ0) is 27.3. The van der Waals surface area contributed by atoms with Crippen molar-refractivity contribution >= 4 is 50.1 Å². The van der Waals surface area contributed by atoms with Crippen molar-refractivity contribution in [2.45, 2.75) is 31.1 Å². The monoisotopic (exact) mass is 550 g/mol. The number of thiazole rings is 1. The third kappa shape index (κ3) is 6.75. The largest absolute Gasteiger partial charge is 0.465 e. The first-order chi connectivity index (χ1) is 18.0. The predicted octanol–water partition coefficient (Wildman–Crippen LogP) is 5.24. The standard InChI is InChI=1S/C27H26N4O5S2/c1-27(2,3)19-8-6-18(7-9-19)24(32)30-23(17-21-5-4-15-36-21)25(33)29-20-10-12-22(13-11-20)38(34,35)31-26-28-14-16-37-26/h4-17H,1-3H3,(H,28,31)(H,29,33)(H,30,32). The fourth-order valence-corrected chi connectivity index (χ4v) is 5.14. The van der Waals surface area contributed by atoms with E-state index in [9.17, 15) is 18.0 Å². The van der Waals surface area contributed by atoms with E-state index in [-0.39, 0.29) is 21.1 Å². The number of nitrogens with zero attached hydrogens (tertiary/aromatic N) is 1. The first-order valence-corrected chi connectivity index (χ1v) is 13.9. The summed E-state index contributed by atoms with van der Waals surface area (Å²) < 4.78 is 32.8. The van der Waals surface area contributed by atoms with Gasteiger partial charge in [-0.15, -0.1) is 11.3 Å². The van der Waals surface area contributed by atoms with Crippen molar-refractivity contribution in [3.63, 3.8) is 0 Å². The first kappa shape index (κ1) is 26.8. The van der Waals surface area contributed by atoms with E-state index in [4.69, 9.17) is 4.42 Å². The van der Waals surface area contributed by atoms with E-state index in [2.05, 4.69) is 41.1 Å². The van der Waals surface area contributed by atoms with Crippen LogP contribution in [0.1, 0.15) is 42.5 Å². The molecular weight excluding hydrogens is 524 g/mol. The van der Waals surface area contributed by atoms with Gasteiger partial charge in [0.05, 0.1) is 11.2 Å². The molecule has 11 heteroatoms. The molecule has 0 unspecified atom stereocenters. The second kappa shape index (κ2) is 11.0. The molecule has 4 rings (SSSR count). The predicted molar refractivity (Wildman–Crippen MR) is 147 cm³/mol. The highest BCUT2D eigenvalue weighted by molar-refractivity contribution is 7.93. The van der Waals surface area contributed by atoms with Gasteiger partial charge in [0.15, 0.2) is 5.13 Å². The number of hydrogen-bond donors (Lipinski definition) is 3. The van der Waals surface area contributed by atoms with Crippen LogP contribution >= 0.6 is 11.3 Å². The van der Waals surface area contributed by atoms with E-state index >= 15 is 0 Å². The van der Waals surface area contributed by atoms with Gasteiger partial charge >= 0.3 is 0 Å². The summed E-state index contributed by atoms with van der Waals surface area (Å²) in [5.74, 6) is -0.709. The lowest BCUT2D eigenvalue weighted by atomic mass is 9.87. The van der Waals surface area contributed by atoms with E-state index < -0.39 is 21.8 Å². The highest BCUT2D eigenvalue weighted by atomic mass is 32.2. The summed E-state index contributed by atoms with van der Waals surface area (Å²) in [5.41, 5.74) is 1.68. The number of furan rings is 1. The average molecular weight is 551 g/mol. The number of hydrogen-bond acceptors (Lipinski definition) is 7. The molecule has 0 aliphatic rings. The van der Waals surface area contributed by atoms with Crippen LogP contribution in [0.5, 0.6) is 0 Å². The van der Waals surface area contributed by atoms with Crippen molar-refractivity contribution in [1.82, 2.24) is 10.3 Å². The van der Waals surface area contributed by atoms with Gasteiger partial charge in [0, 0.05) is 28.9 Å². The number of sulfonamides is 1. The Bertz CT molecular complexity index is 1540. The van der Waals surface area contributed by atoms with Crippen LogP contribution in [0.15, 0.2) is 93.5 Å². The molecular formula is C27H26N4O5S2. The molecule has 0 radical (unpaired) electrons. The van der Waals surface area contributed by atoms with Gasteiger partial charge in [-0.3, -0.25) is 14.3 Å². The Morgan fingerprint density at radius 3 is 2.29 bits per heavy atom. The molecule has 0 bridgehead atoms. The van der Waals surface area contributed by atoms with Crippen LogP contribution in [0, 0.1) is 0 Å². The van der Waals surface area contributed by atoms with E-state index in [1.807, 2.05) is 12.1 Å². The van der Waals surface area contributed by atoms with E-state index in [1.54, 1.807) is 29.6 Å². The third-order valence-corrected chi connectivity index (χ3v) is 7.58. The molecule has 4 aromatic rings. The smallest absolute Gasteiger partial charge is 0.272 e. The molecule has 2 heterocycles. The molecule has 9 nitrogen and oxygen atoms in total. The number of rotatable bonds is 8. The van der Waals surface area contributed by atoms with Gasteiger partial charge in [-0.05, 0) is 59.5 Å². The molecule has 0 fully saturated rings. The molecule has 196 valence electrons. The Morgan fingerprint density at radius 1 is 1.00 bits per heavy atom. The van der Waals surface area contributed by atoms with Crippen molar-refractivity contribution in [3.05, 3.63) is 101 Å². The van der Waals surface area contributed by atoms with Crippen molar-refractivity contribution in [2.24, 2.45) is 0 Å². The molecule has 0 spiro atoms. The maximum absolute atomic E-state index is 13.1. The summed E-state index contributed by atoms with van der Waals surface area (Å²) in [6.07, 6.45) is 4.36. The Hall–Kier alpha value is -4.22. The van der Waals surface area contributed by atoms with Crippen LogP contribution in [0.3, 0.4) is 0 Å². The van der Waals surface area contributed by atoms with E-state index in [0.717, 1.165) is 16.9 Å². The molecule has 0 aliphatic carbocycles. The molecule has 0 saturated carbocycles. The molecule has 2 aromatic heterocycles. The van der Waals surface area contributed by atoms with Crippen LogP contribution < -0.4 is 15.4 Å². The van der Waals surface area contributed by atoms with E-state index in [0.29, 0.717) is 17.0 Å². The summed E-state index contributed by atoms with van der Waals surface area (Å²) in [7, 11) is -3.83. The Kier molecular flexibility index (Phi) is 7.79. The minimum Gasteiger partial charge on any atom is -0.465 e. The van der Waals surface area contributed by atoms with Crippen LogP contribution in [-0.2, 0) is 20.2 Å². The molecule has 0 atom stereocenters. The van der Waals surface area contributed by atoms with Crippen LogP contribution in [-0.4, -0.2) is 25.2 Å². The van der Waals surface area contributed by atoms with Gasteiger partial charge in [-0.2, -0.15) is 0 Å². The lowest BCUT2D eigenvalue weighted by molar-refractivity contribution is -0.113. The zero-order valence-corrected chi connectivity index (χ0v) is 22.5. The van der Waals surface area contributed by atoms with Gasteiger partial charge in [0.2, 0.25) is 0 Å². The fraction of sp³-hybridized carbons (Fsp3) is 0.148. The number of anilines is 2. The van der Waals surface area contributed by atoms with Gasteiger partial charge in [0.25, 0.3) is 21.8 Å². The fourth-order valence-electron chi connectivity index (χ4n) is 3.35. The van der Waals surface area contributed by atoms with Crippen LogP contribution in [0.2, 0.25) is 0 Å². The number of aromatic nitrogens is 1. The molecule has 3 N–H and O–H groups in total. The highest BCUT2D eigenvalue weighted by Crippen LogP contribution is 2.23. The number of carbonyl (C=O) groups is 2. The Balaban J connectivity index is 1.50. The van der Waals surface area contributed by atoms with Gasteiger partial charge in [-0.1, -0.05) is 32.9 Å². The zero-order valence-electron chi connectivity index (χ0n) is 20.9. The highest BCUT2D eigenvalue weighted by Gasteiger charge is 2.19. The second-order valence-electron chi connectivity index (χ2n) is 9.28. The lowest BCUT2D eigenvalue weighted by Crippen LogP contribution is -2.30. The maximum Gasteiger partial charge on any atom is 0.272 e. The third-order valence-electron chi connectivity index (χ3n) is 5.41. The van der Waals surface area contributed by atoms with Crippen LogP contribution in [0.4, 0.5) is 10.8 Å². The quantitative estimate of drug-likeness (QED) is 0.257. The minimum atomic E-state index is -3.83. The van der Waals surface area contributed by atoms with Gasteiger partial charge in [0.1, 0.15) is 11.5 Å². The van der Waals surface area contributed by atoms with Crippen molar-refractivity contribution in [2.75, 3.05) is 10.0 Å². The number of amides is 2. The van der Waals surface area contributed by atoms with Gasteiger partial charge in [-0.25, -0.2) is 13.4 Å². The summed E-state index contributed by atoms with van der Waals surface area (Å²) >= 11 is 1.16. The van der Waals surface area contributed by atoms with Crippen LogP contribution in [0.25, 0.3) is 6.08 Å². The topological polar surface area (TPSA) is 130 Å². The number of nitrogens with one attached hydrogen (secondary N) is 3. The molecule has 2 amide bonds. The molecule has 0 saturated heterocycles. The summed E-state index contributed by atoms with van der Waals surface area (Å²) in [5, 5.41) is 7.23. The SMILES string of the molecule is CC(C)(C)c1ccc(C(=O)NC(=Cc2ccco2)C(=O)Nc2ccc(S(=O)(=O)Nc3nccs3)cc2)cc1. The van der Waals surface area contributed by atoms with E-state index in [1.165, 1.54) is 42.8 Å². The second-order valence-corrected chi connectivity index (χ2v) is 11.9. The normalized spacial score (nSPS) is 12.1. The minimum absolute atomic E-state index is 0.00376. The maximum atomic E-state index is 13.1. The van der Waals surface area contributed by atoms with Crippen molar-refractivity contribution in [3.8, 4) is 0 Å². The summed E-state index contributed by atoms with van der Waals surface area (Å²) in [6, 6.07) is 16.1. The number of benzene rings is 2. The molecule has 38 heavy (non-hydrogen) atoms. The Labute approximate surface area is 224 Å². The van der Waals surface area contributed by atoms with Crippen molar-refractivity contribution in [1.29, 1.82) is 0 Å². The Morgan fingerprint density at radius 2 is 1.71 bits per heavy atom. The molecule has 2 aromatic carbocycles.